The van der Waals surface area contributed by atoms with Crippen molar-refractivity contribution in [3.05, 3.63) is 71.3 Å². The van der Waals surface area contributed by atoms with E-state index in [0.29, 0.717) is 6.04 Å². The van der Waals surface area contributed by atoms with Gasteiger partial charge in [0.15, 0.2) is 0 Å². The third kappa shape index (κ3) is 5.73. The van der Waals surface area contributed by atoms with E-state index in [9.17, 15) is 0 Å². The molecule has 2 aromatic rings. The molecule has 2 N–H and O–H groups in total. The van der Waals surface area contributed by atoms with Gasteiger partial charge in [0.05, 0.1) is 0 Å². The molecule has 0 amide bonds. The fourth-order valence-electron chi connectivity index (χ4n) is 2.80. The van der Waals surface area contributed by atoms with Gasteiger partial charge in [-0.1, -0.05) is 54.6 Å². The molecule has 112 valence electrons. The molecule has 0 heterocycles. The van der Waals surface area contributed by atoms with Crippen molar-refractivity contribution in [1.29, 1.82) is 0 Å². The van der Waals surface area contributed by atoms with Crippen LogP contribution in [0, 0.1) is 6.92 Å². The Hall–Kier alpha value is -1.60. The lowest BCUT2D eigenvalue weighted by atomic mass is 9.98. The van der Waals surface area contributed by atoms with E-state index in [2.05, 4.69) is 61.5 Å². The largest absolute Gasteiger partial charge is 0.328 e. The van der Waals surface area contributed by atoms with Gasteiger partial charge in [0.2, 0.25) is 0 Å². The summed E-state index contributed by atoms with van der Waals surface area (Å²) in [5.41, 5.74) is 10.5. The van der Waals surface area contributed by atoms with Crippen molar-refractivity contribution in [2.75, 3.05) is 0 Å². The molecule has 0 spiro atoms. The van der Waals surface area contributed by atoms with Crippen LogP contribution in [-0.2, 0) is 12.8 Å². The first-order chi connectivity index (χ1) is 10.3. The first-order valence-corrected chi connectivity index (χ1v) is 8.09. The second-order valence-corrected chi connectivity index (χ2v) is 5.96. The standard InChI is InChI=1S/C20H27N/c1-17-9-5-6-13-19(17)14-8-16-20(21)15-7-12-18-10-3-2-4-11-18/h2-6,9-11,13,20H,7-8,12,14-16,21H2,1H3. The first kappa shape index (κ1) is 15.8. The highest BCUT2D eigenvalue weighted by Gasteiger charge is 2.04. The Labute approximate surface area is 129 Å². The Morgan fingerprint density at radius 2 is 1.43 bits per heavy atom. The van der Waals surface area contributed by atoms with Gasteiger partial charge in [-0.3, -0.25) is 0 Å². The summed E-state index contributed by atoms with van der Waals surface area (Å²) in [4.78, 5) is 0. The molecular formula is C20H27N. The minimum absolute atomic E-state index is 0.345. The topological polar surface area (TPSA) is 26.0 Å². The van der Waals surface area contributed by atoms with Gasteiger partial charge in [0.25, 0.3) is 0 Å². The Bertz CT molecular complexity index is 518. The van der Waals surface area contributed by atoms with Crippen LogP contribution in [0.2, 0.25) is 0 Å². The zero-order chi connectivity index (χ0) is 14.9. The predicted molar refractivity (Wildman–Crippen MR) is 91.5 cm³/mol. The molecule has 1 atom stereocenters. The van der Waals surface area contributed by atoms with Crippen LogP contribution in [0.3, 0.4) is 0 Å². The molecule has 0 aromatic heterocycles. The second-order valence-electron chi connectivity index (χ2n) is 5.96. The molecule has 0 aliphatic heterocycles. The molecule has 1 heteroatoms. The Balaban J connectivity index is 1.62. The van der Waals surface area contributed by atoms with Crippen LogP contribution in [0.15, 0.2) is 54.6 Å². The maximum atomic E-state index is 6.24. The van der Waals surface area contributed by atoms with Crippen molar-refractivity contribution in [2.24, 2.45) is 5.73 Å². The molecule has 0 bridgehead atoms. The van der Waals surface area contributed by atoms with Crippen LogP contribution in [-0.4, -0.2) is 6.04 Å². The molecule has 0 radical (unpaired) electrons. The van der Waals surface area contributed by atoms with Crippen LogP contribution in [0.5, 0.6) is 0 Å². The van der Waals surface area contributed by atoms with Crippen molar-refractivity contribution in [3.63, 3.8) is 0 Å². The van der Waals surface area contributed by atoms with E-state index in [1.165, 1.54) is 29.5 Å². The van der Waals surface area contributed by atoms with Gasteiger partial charge in [-0.05, 0) is 62.1 Å². The zero-order valence-electron chi connectivity index (χ0n) is 13.1. The molecule has 1 nitrogen and oxygen atoms in total. The SMILES string of the molecule is Cc1ccccc1CCCC(N)CCCc1ccccc1. The quantitative estimate of drug-likeness (QED) is 0.747. The highest BCUT2D eigenvalue weighted by molar-refractivity contribution is 5.25. The average Bonchev–Trinajstić information content (AvgIpc) is 2.50. The van der Waals surface area contributed by atoms with Crippen LogP contribution >= 0.6 is 0 Å². The lowest BCUT2D eigenvalue weighted by Crippen LogP contribution is -2.20. The number of benzene rings is 2. The maximum Gasteiger partial charge on any atom is 0.00390 e. The van der Waals surface area contributed by atoms with Gasteiger partial charge in [0, 0.05) is 6.04 Å². The van der Waals surface area contributed by atoms with Crippen molar-refractivity contribution in [1.82, 2.24) is 0 Å². The van der Waals surface area contributed by atoms with E-state index in [0.717, 1.165) is 25.7 Å². The number of nitrogens with two attached hydrogens (primary N) is 1. The van der Waals surface area contributed by atoms with Gasteiger partial charge in [-0.15, -0.1) is 0 Å². The van der Waals surface area contributed by atoms with E-state index in [4.69, 9.17) is 5.73 Å². The summed E-state index contributed by atoms with van der Waals surface area (Å²) in [7, 11) is 0. The summed E-state index contributed by atoms with van der Waals surface area (Å²) in [6, 6.07) is 19.7. The third-order valence-corrected chi connectivity index (χ3v) is 4.17. The molecule has 0 aliphatic carbocycles. The second kappa shape index (κ2) is 8.63. The van der Waals surface area contributed by atoms with E-state index >= 15 is 0 Å². The lowest BCUT2D eigenvalue weighted by molar-refractivity contribution is 0.527. The van der Waals surface area contributed by atoms with Crippen molar-refractivity contribution >= 4 is 0 Å². The zero-order valence-corrected chi connectivity index (χ0v) is 13.1. The summed E-state index contributed by atoms with van der Waals surface area (Å²) in [5, 5.41) is 0. The fraction of sp³-hybridized carbons (Fsp3) is 0.400. The summed E-state index contributed by atoms with van der Waals surface area (Å²) >= 11 is 0. The number of hydrogen-bond acceptors (Lipinski definition) is 1. The Morgan fingerprint density at radius 3 is 2.14 bits per heavy atom. The highest BCUT2D eigenvalue weighted by atomic mass is 14.6. The Morgan fingerprint density at radius 1 is 0.810 bits per heavy atom. The maximum absolute atomic E-state index is 6.24. The van der Waals surface area contributed by atoms with Crippen molar-refractivity contribution in [3.8, 4) is 0 Å². The first-order valence-electron chi connectivity index (χ1n) is 8.09. The number of rotatable bonds is 8. The van der Waals surface area contributed by atoms with Crippen molar-refractivity contribution in [2.45, 2.75) is 51.5 Å². The minimum Gasteiger partial charge on any atom is -0.328 e. The summed E-state index contributed by atoms with van der Waals surface area (Å²) in [6.07, 6.45) is 6.93. The molecule has 0 saturated carbocycles. The highest BCUT2D eigenvalue weighted by Crippen LogP contribution is 2.13. The normalized spacial score (nSPS) is 12.3. The number of aryl methyl sites for hydroxylation is 3. The molecule has 0 aliphatic rings. The van der Waals surface area contributed by atoms with Crippen molar-refractivity contribution < 1.29 is 0 Å². The smallest absolute Gasteiger partial charge is 0.00390 e. The molecule has 2 rings (SSSR count). The molecular weight excluding hydrogens is 254 g/mol. The average molecular weight is 281 g/mol. The van der Waals surface area contributed by atoms with Crippen LogP contribution in [0.25, 0.3) is 0 Å². The van der Waals surface area contributed by atoms with E-state index in [-0.39, 0.29) is 0 Å². The minimum atomic E-state index is 0.345. The molecule has 21 heavy (non-hydrogen) atoms. The van der Waals surface area contributed by atoms with Gasteiger partial charge >= 0.3 is 0 Å². The van der Waals surface area contributed by atoms with E-state index in [1.54, 1.807) is 0 Å². The van der Waals surface area contributed by atoms with Gasteiger partial charge in [0.1, 0.15) is 0 Å². The molecule has 0 fully saturated rings. The Kier molecular flexibility index (Phi) is 6.49. The molecule has 0 saturated heterocycles. The van der Waals surface area contributed by atoms with E-state index in [1.807, 2.05) is 0 Å². The van der Waals surface area contributed by atoms with Gasteiger partial charge < -0.3 is 5.73 Å². The monoisotopic (exact) mass is 281 g/mol. The van der Waals surface area contributed by atoms with Crippen LogP contribution in [0.4, 0.5) is 0 Å². The van der Waals surface area contributed by atoms with Gasteiger partial charge in [-0.25, -0.2) is 0 Å². The van der Waals surface area contributed by atoms with Gasteiger partial charge in [-0.2, -0.15) is 0 Å². The summed E-state index contributed by atoms with van der Waals surface area (Å²) in [6.45, 7) is 2.19. The third-order valence-electron chi connectivity index (χ3n) is 4.17. The van der Waals surface area contributed by atoms with E-state index < -0.39 is 0 Å². The molecule has 1 unspecified atom stereocenters. The summed E-state index contributed by atoms with van der Waals surface area (Å²) < 4.78 is 0. The number of hydrogen-bond donors (Lipinski definition) is 1. The van der Waals surface area contributed by atoms with Crippen LogP contribution in [0.1, 0.15) is 42.4 Å². The predicted octanol–water partition coefficient (Wildman–Crippen LogP) is 4.67. The summed E-state index contributed by atoms with van der Waals surface area (Å²) in [5.74, 6) is 0. The van der Waals surface area contributed by atoms with Crippen LogP contribution < -0.4 is 5.73 Å². The fourth-order valence-corrected chi connectivity index (χ4v) is 2.80. The lowest BCUT2D eigenvalue weighted by Gasteiger charge is -2.12. The molecule has 2 aromatic carbocycles.